The van der Waals surface area contributed by atoms with Crippen molar-refractivity contribution < 1.29 is 5.11 Å². The summed E-state index contributed by atoms with van der Waals surface area (Å²) in [6.07, 6.45) is 3.79. The summed E-state index contributed by atoms with van der Waals surface area (Å²) in [4.78, 5) is 4.92. The summed E-state index contributed by atoms with van der Waals surface area (Å²) in [7, 11) is 2.23. The molecule has 1 aromatic carbocycles. The molecule has 0 radical (unpaired) electrons. The van der Waals surface area contributed by atoms with Gasteiger partial charge in [0.25, 0.3) is 0 Å². The van der Waals surface area contributed by atoms with Gasteiger partial charge in [-0.05, 0) is 58.8 Å². The van der Waals surface area contributed by atoms with E-state index in [1.807, 2.05) is 12.1 Å². The van der Waals surface area contributed by atoms with Gasteiger partial charge < -0.3 is 14.9 Å². The number of phenolic OH excluding ortho intramolecular Hbond substituents is 1. The van der Waals surface area contributed by atoms with Gasteiger partial charge in [0.1, 0.15) is 5.75 Å². The number of likely N-dealkylation sites (tertiary alicyclic amines) is 1. The molecule has 1 saturated heterocycles. The quantitative estimate of drug-likeness (QED) is 0.917. The third kappa shape index (κ3) is 2.28. The molecule has 0 bridgehead atoms. The van der Waals surface area contributed by atoms with Crippen molar-refractivity contribution in [2.24, 2.45) is 0 Å². The minimum absolute atomic E-state index is 0.471. The Labute approximate surface area is 122 Å². The fourth-order valence-corrected chi connectivity index (χ4v) is 3.92. The van der Waals surface area contributed by atoms with Crippen molar-refractivity contribution in [2.45, 2.75) is 51.1 Å². The van der Waals surface area contributed by atoms with Crippen LogP contribution in [0.25, 0.3) is 0 Å². The molecule has 0 aromatic heterocycles. The molecule has 0 aliphatic carbocycles. The molecule has 2 aliphatic heterocycles. The lowest BCUT2D eigenvalue weighted by Gasteiger charge is -2.26. The summed E-state index contributed by atoms with van der Waals surface area (Å²) < 4.78 is 0. The van der Waals surface area contributed by atoms with Gasteiger partial charge in [-0.1, -0.05) is 6.07 Å². The maximum atomic E-state index is 10.3. The number of hydrogen-bond donors (Lipinski definition) is 1. The molecule has 2 aliphatic rings. The highest BCUT2D eigenvalue weighted by Gasteiger charge is 2.35. The van der Waals surface area contributed by atoms with Crippen molar-refractivity contribution in [3.8, 4) is 5.75 Å². The number of hydrogen-bond acceptors (Lipinski definition) is 3. The monoisotopic (exact) mass is 274 g/mol. The Bertz CT molecular complexity index is 486. The van der Waals surface area contributed by atoms with Crippen LogP contribution < -0.4 is 4.90 Å². The molecule has 2 heterocycles. The molecule has 3 heteroatoms. The Hall–Kier alpha value is -1.22. The normalized spacial score (nSPS) is 26.5. The molecule has 2 atom stereocenters. The topological polar surface area (TPSA) is 26.7 Å². The minimum Gasteiger partial charge on any atom is -0.508 e. The Morgan fingerprint density at radius 3 is 2.80 bits per heavy atom. The van der Waals surface area contributed by atoms with Crippen LogP contribution in [0.15, 0.2) is 18.2 Å². The predicted molar refractivity (Wildman–Crippen MR) is 83.6 cm³/mol. The van der Waals surface area contributed by atoms with Crippen molar-refractivity contribution >= 4 is 5.69 Å². The highest BCUT2D eigenvalue weighted by atomic mass is 16.3. The van der Waals surface area contributed by atoms with Gasteiger partial charge in [-0.3, -0.25) is 0 Å². The summed E-state index contributed by atoms with van der Waals surface area (Å²) in [6.45, 7) is 6.74. The van der Waals surface area contributed by atoms with Gasteiger partial charge >= 0.3 is 0 Å². The van der Waals surface area contributed by atoms with Gasteiger partial charge in [0.05, 0.1) is 0 Å². The Balaban J connectivity index is 1.87. The van der Waals surface area contributed by atoms with Gasteiger partial charge in [-0.15, -0.1) is 0 Å². The molecule has 3 rings (SSSR count). The Kier molecular flexibility index (Phi) is 3.63. The molecule has 110 valence electrons. The van der Waals surface area contributed by atoms with Crippen LogP contribution in [0.3, 0.4) is 0 Å². The average Bonchev–Trinajstić information content (AvgIpc) is 2.96. The van der Waals surface area contributed by atoms with Gasteiger partial charge in [0, 0.05) is 35.8 Å². The number of nitrogens with zero attached hydrogens (tertiary/aromatic N) is 2. The zero-order valence-corrected chi connectivity index (χ0v) is 12.8. The van der Waals surface area contributed by atoms with Gasteiger partial charge in [0.2, 0.25) is 0 Å². The van der Waals surface area contributed by atoms with E-state index in [0.29, 0.717) is 23.8 Å². The van der Waals surface area contributed by atoms with Gasteiger partial charge in [-0.25, -0.2) is 0 Å². The number of phenols is 1. The van der Waals surface area contributed by atoms with E-state index in [-0.39, 0.29) is 0 Å². The van der Waals surface area contributed by atoms with Crippen LogP contribution in [-0.4, -0.2) is 42.2 Å². The van der Waals surface area contributed by atoms with Crippen LogP contribution in [0, 0.1) is 0 Å². The smallest absolute Gasteiger partial charge is 0.121 e. The van der Waals surface area contributed by atoms with E-state index in [4.69, 9.17) is 0 Å². The zero-order chi connectivity index (χ0) is 14.3. The summed E-state index contributed by atoms with van der Waals surface area (Å²) in [5.74, 6) is 0.954. The molecule has 1 N–H and O–H groups in total. The second-order valence-electron chi connectivity index (χ2n) is 6.67. The summed E-state index contributed by atoms with van der Waals surface area (Å²) >= 11 is 0. The third-order valence-corrected chi connectivity index (χ3v) is 5.05. The number of anilines is 1. The van der Waals surface area contributed by atoms with E-state index in [1.165, 1.54) is 37.1 Å². The first kappa shape index (κ1) is 13.7. The van der Waals surface area contributed by atoms with Crippen LogP contribution in [-0.2, 0) is 0 Å². The van der Waals surface area contributed by atoms with E-state index in [9.17, 15) is 5.11 Å². The van der Waals surface area contributed by atoms with E-state index in [1.54, 1.807) is 0 Å². The first-order valence-corrected chi connectivity index (χ1v) is 7.86. The van der Waals surface area contributed by atoms with E-state index < -0.39 is 0 Å². The molecule has 3 nitrogen and oxygen atoms in total. The molecule has 0 spiro atoms. The molecule has 20 heavy (non-hydrogen) atoms. The van der Waals surface area contributed by atoms with E-state index in [2.05, 4.69) is 36.8 Å². The van der Waals surface area contributed by atoms with Gasteiger partial charge in [0.15, 0.2) is 0 Å². The van der Waals surface area contributed by atoms with Crippen molar-refractivity contribution in [1.29, 1.82) is 0 Å². The molecule has 0 saturated carbocycles. The fourth-order valence-electron chi connectivity index (χ4n) is 3.92. The van der Waals surface area contributed by atoms with E-state index >= 15 is 0 Å². The first-order valence-electron chi connectivity index (χ1n) is 7.86. The number of rotatable bonds is 3. The lowest BCUT2D eigenvalue weighted by Crippen LogP contribution is -2.31. The number of fused-ring (bicyclic) bond motifs is 1. The first-order chi connectivity index (χ1) is 9.58. The highest BCUT2D eigenvalue weighted by Crippen LogP contribution is 2.45. The zero-order valence-electron chi connectivity index (χ0n) is 12.8. The second kappa shape index (κ2) is 5.28. The highest BCUT2D eigenvalue weighted by molar-refractivity contribution is 5.65. The van der Waals surface area contributed by atoms with Crippen LogP contribution in [0.2, 0.25) is 0 Å². The van der Waals surface area contributed by atoms with E-state index in [0.717, 1.165) is 6.54 Å². The maximum absolute atomic E-state index is 10.3. The number of aromatic hydroxyl groups is 1. The molecule has 0 amide bonds. The van der Waals surface area contributed by atoms with Crippen LogP contribution in [0.5, 0.6) is 5.75 Å². The summed E-state index contributed by atoms with van der Waals surface area (Å²) in [5.41, 5.74) is 2.42. The molecular formula is C17H26N2O. The summed E-state index contributed by atoms with van der Waals surface area (Å²) in [5, 5.41) is 10.3. The number of benzene rings is 1. The Morgan fingerprint density at radius 2 is 2.15 bits per heavy atom. The molecule has 2 unspecified atom stereocenters. The van der Waals surface area contributed by atoms with Crippen molar-refractivity contribution in [2.75, 3.05) is 25.0 Å². The van der Waals surface area contributed by atoms with Gasteiger partial charge in [-0.2, -0.15) is 0 Å². The lowest BCUT2D eigenvalue weighted by molar-refractivity contribution is 0.282. The second-order valence-corrected chi connectivity index (χ2v) is 6.67. The van der Waals surface area contributed by atoms with Crippen molar-refractivity contribution in [3.05, 3.63) is 23.8 Å². The standard InChI is InChI=1S/C17H26N2O/c1-12(2)19-11-13(10-14-6-5-9-18(14)3)17-15(19)7-4-8-16(17)20/h4,7-8,12-14,20H,5-6,9-11H2,1-3H3. The van der Waals surface area contributed by atoms with Crippen LogP contribution in [0.1, 0.15) is 44.6 Å². The molecule has 1 fully saturated rings. The third-order valence-electron chi connectivity index (χ3n) is 5.05. The minimum atomic E-state index is 0.471. The Morgan fingerprint density at radius 1 is 1.35 bits per heavy atom. The van der Waals surface area contributed by atoms with Crippen LogP contribution in [0.4, 0.5) is 5.69 Å². The largest absolute Gasteiger partial charge is 0.508 e. The lowest BCUT2D eigenvalue weighted by atomic mass is 9.92. The average molecular weight is 274 g/mol. The SMILES string of the molecule is CC(C)N1CC(CC2CCCN2C)c2c(O)cccc21. The summed E-state index contributed by atoms with van der Waals surface area (Å²) in [6, 6.07) is 7.14. The van der Waals surface area contributed by atoms with Crippen molar-refractivity contribution in [1.82, 2.24) is 4.90 Å². The van der Waals surface area contributed by atoms with Crippen LogP contribution >= 0.6 is 0 Å². The molecule has 1 aromatic rings. The van der Waals surface area contributed by atoms with Crippen molar-refractivity contribution in [3.63, 3.8) is 0 Å². The molecular weight excluding hydrogens is 248 g/mol. The predicted octanol–water partition coefficient (Wildman–Crippen LogP) is 3.19. The maximum Gasteiger partial charge on any atom is 0.121 e. The fraction of sp³-hybridized carbons (Fsp3) is 0.647.